The van der Waals surface area contributed by atoms with Crippen molar-refractivity contribution in [1.82, 2.24) is 14.9 Å². The first-order valence-corrected chi connectivity index (χ1v) is 9.41. The van der Waals surface area contributed by atoms with Gasteiger partial charge in [-0.1, -0.05) is 18.6 Å². The highest BCUT2D eigenvalue weighted by atomic mass is 16.5. The first-order valence-electron chi connectivity index (χ1n) is 9.41. The summed E-state index contributed by atoms with van der Waals surface area (Å²) in [5, 5.41) is 0. The molecule has 1 aliphatic heterocycles. The van der Waals surface area contributed by atoms with Crippen LogP contribution in [0.1, 0.15) is 42.8 Å². The first-order chi connectivity index (χ1) is 12.6. The van der Waals surface area contributed by atoms with E-state index in [4.69, 9.17) is 10.5 Å². The van der Waals surface area contributed by atoms with Gasteiger partial charge in [0.2, 0.25) is 0 Å². The second-order valence-electron chi connectivity index (χ2n) is 6.96. The molecule has 0 spiro atoms. The number of likely N-dealkylation sites (tertiary alicyclic amines) is 1. The maximum Gasteiger partial charge on any atom is 0.296 e. The number of nitrogens with one attached hydrogen (secondary N) is 1. The maximum atomic E-state index is 11.6. The monoisotopic (exact) mass is 356 g/mol. The summed E-state index contributed by atoms with van der Waals surface area (Å²) in [5.41, 5.74) is 7.43. The van der Waals surface area contributed by atoms with Crippen LogP contribution in [0, 0.1) is 6.92 Å². The van der Waals surface area contributed by atoms with Gasteiger partial charge in [0.1, 0.15) is 17.3 Å². The third-order valence-electron chi connectivity index (χ3n) is 4.78. The van der Waals surface area contributed by atoms with Gasteiger partial charge in [-0.05, 0) is 57.0 Å². The number of nitrogens with two attached hydrogens (primary N) is 1. The lowest BCUT2D eigenvalue weighted by atomic mass is 10.1. The Labute approximate surface area is 154 Å². The molecule has 1 aliphatic rings. The third kappa shape index (κ3) is 5.08. The molecule has 0 aliphatic carbocycles. The number of H-pyrrole nitrogens is 1. The van der Waals surface area contributed by atoms with Gasteiger partial charge in [-0.25, -0.2) is 0 Å². The number of aromatic nitrogens is 2. The predicted octanol–water partition coefficient (Wildman–Crippen LogP) is 2.66. The smallest absolute Gasteiger partial charge is 0.296 e. The minimum atomic E-state index is -0.359. The van der Waals surface area contributed by atoms with Gasteiger partial charge in [0.25, 0.3) is 5.56 Å². The van der Waals surface area contributed by atoms with Crippen LogP contribution in [0.2, 0.25) is 0 Å². The average molecular weight is 356 g/mol. The van der Waals surface area contributed by atoms with Gasteiger partial charge in [-0.3, -0.25) is 9.69 Å². The quantitative estimate of drug-likeness (QED) is 0.745. The number of aromatic amines is 1. The Morgan fingerprint density at radius 3 is 2.85 bits per heavy atom. The van der Waals surface area contributed by atoms with Gasteiger partial charge in [0.05, 0.1) is 6.61 Å². The van der Waals surface area contributed by atoms with Crippen molar-refractivity contribution in [3.8, 4) is 5.75 Å². The molecule has 0 saturated carbocycles. The third-order valence-corrected chi connectivity index (χ3v) is 4.78. The molecule has 1 aromatic carbocycles. The summed E-state index contributed by atoms with van der Waals surface area (Å²) in [6.07, 6.45) is 5.40. The molecular formula is C20H28N4O2. The predicted molar refractivity (Wildman–Crippen MR) is 103 cm³/mol. The number of nitrogen functional groups attached to an aromatic ring is 1. The van der Waals surface area contributed by atoms with Crippen molar-refractivity contribution in [2.75, 3.05) is 25.4 Å². The van der Waals surface area contributed by atoms with Crippen LogP contribution in [0.5, 0.6) is 5.75 Å². The minimum Gasteiger partial charge on any atom is -0.494 e. The van der Waals surface area contributed by atoms with Gasteiger partial charge < -0.3 is 15.5 Å². The molecular weight excluding hydrogens is 328 g/mol. The van der Waals surface area contributed by atoms with E-state index >= 15 is 0 Å². The molecule has 6 nitrogen and oxygen atoms in total. The van der Waals surface area contributed by atoms with Crippen LogP contribution in [0.3, 0.4) is 0 Å². The number of hydrogen-bond donors (Lipinski definition) is 2. The summed E-state index contributed by atoms with van der Waals surface area (Å²) < 4.78 is 5.88. The van der Waals surface area contributed by atoms with E-state index in [2.05, 4.69) is 33.1 Å². The highest BCUT2D eigenvalue weighted by molar-refractivity contribution is 5.39. The van der Waals surface area contributed by atoms with Crippen LogP contribution in [0.25, 0.3) is 0 Å². The summed E-state index contributed by atoms with van der Waals surface area (Å²) in [5.74, 6) is 1.55. The van der Waals surface area contributed by atoms with E-state index in [1.54, 1.807) is 6.92 Å². The molecule has 0 amide bonds. The number of ether oxygens (including phenoxy) is 1. The number of piperidine rings is 1. The van der Waals surface area contributed by atoms with Crippen molar-refractivity contribution >= 4 is 5.69 Å². The number of benzene rings is 1. The number of anilines is 1. The first kappa shape index (κ1) is 18.5. The standard InChI is InChI=1S/C20H28N4O2/c1-15-19(21)20(25)23-18(22-15)9-6-12-26-17-8-5-7-16(13-17)14-24-10-3-2-4-11-24/h5,7-8,13H,2-4,6,9-12,14,21H2,1H3,(H,22,23,25). The van der Waals surface area contributed by atoms with Crippen LogP contribution in [0.15, 0.2) is 29.1 Å². The summed E-state index contributed by atoms with van der Waals surface area (Å²) in [6, 6.07) is 8.33. The van der Waals surface area contributed by atoms with Gasteiger partial charge in [-0.2, -0.15) is 4.98 Å². The zero-order chi connectivity index (χ0) is 18.4. The zero-order valence-electron chi connectivity index (χ0n) is 15.5. The van der Waals surface area contributed by atoms with Gasteiger partial charge in [0.15, 0.2) is 0 Å². The fourth-order valence-corrected chi connectivity index (χ4v) is 3.31. The fraction of sp³-hybridized carbons (Fsp3) is 0.500. The summed E-state index contributed by atoms with van der Waals surface area (Å²) >= 11 is 0. The largest absolute Gasteiger partial charge is 0.494 e. The van der Waals surface area contributed by atoms with Crippen molar-refractivity contribution < 1.29 is 4.74 Å². The van der Waals surface area contributed by atoms with E-state index < -0.39 is 0 Å². The molecule has 0 atom stereocenters. The molecule has 1 saturated heterocycles. The van der Waals surface area contributed by atoms with Crippen molar-refractivity contribution in [2.45, 2.75) is 45.6 Å². The van der Waals surface area contributed by atoms with Crippen LogP contribution in [-0.2, 0) is 13.0 Å². The molecule has 0 bridgehead atoms. The summed E-state index contributed by atoms with van der Waals surface area (Å²) in [7, 11) is 0. The average Bonchev–Trinajstić information content (AvgIpc) is 2.64. The molecule has 26 heavy (non-hydrogen) atoms. The summed E-state index contributed by atoms with van der Waals surface area (Å²) in [4.78, 5) is 21.2. The normalized spacial score (nSPS) is 15.1. The van der Waals surface area contributed by atoms with Crippen LogP contribution < -0.4 is 16.0 Å². The molecule has 3 rings (SSSR count). The molecule has 1 fully saturated rings. The molecule has 2 aromatic rings. The molecule has 0 radical (unpaired) electrons. The highest BCUT2D eigenvalue weighted by Gasteiger charge is 2.10. The van der Waals surface area contributed by atoms with Crippen LogP contribution in [-0.4, -0.2) is 34.6 Å². The van der Waals surface area contributed by atoms with Gasteiger partial charge >= 0.3 is 0 Å². The molecule has 0 unspecified atom stereocenters. The Hall–Kier alpha value is -2.34. The van der Waals surface area contributed by atoms with Crippen LogP contribution >= 0.6 is 0 Å². The topological polar surface area (TPSA) is 84.2 Å². The zero-order valence-corrected chi connectivity index (χ0v) is 15.5. The lowest BCUT2D eigenvalue weighted by molar-refractivity contribution is 0.220. The van der Waals surface area contributed by atoms with Crippen molar-refractivity contribution in [3.63, 3.8) is 0 Å². The SMILES string of the molecule is Cc1[nH]c(CCCOc2cccc(CN3CCCCC3)c2)nc(=O)c1N. The maximum absolute atomic E-state index is 11.6. The van der Waals surface area contributed by atoms with E-state index in [0.717, 1.165) is 18.7 Å². The molecule has 6 heteroatoms. The fourth-order valence-electron chi connectivity index (χ4n) is 3.31. The lowest BCUT2D eigenvalue weighted by Crippen LogP contribution is -2.29. The Morgan fingerprint density at radius 1 is 1.27 bits per heavy atom. The van der Waals surface area contributed by atoms with E-state index in [1.807, 2.05) is 6.07 Å². The second-order valence-corrected chi connectivity index (χ2v) is 6.96. The molecule has 2 heterocycles. The molecule has 140 valence electrons. The highest BCUT2D eigenvalue weighted by Crippen LogP contribution is 2.18. The summed E-state index contributed by atoms with van der Waals surface area (Å²) in [6.45, 7) is 5.74. The van der Waals surface area contributed by atoms with Gasteiger partial charge in [-0.15, -0.1) is 0 Å². The number of rotatable bonds is 7. The second kappa shape index (κ2) is 8.85. The van der Waals surface area contributed by atoms with Crippen LogP contribution in [0.4, 0.5) is 5.69 Å². The Balaban J connectivity index is 1.47. The Bertz CT molecular complexity index is 782. The number of nitrogens with zero attached hydrogens (tertiary/aromatic N) is 2. The molecule has 1 aromatic heterocycles. The lowest BCUT2D eigenvalue weighted by Gasteiger charge is -2.26. The van der Waals surface area contributed by atoms with Gasteiger partial charge in [0, 0.05) is 18.7 Å². The Kier molecular flexibility index (Phi) is 6.28. The molecule has 3 N–H and O–H groups in total. The van der Waals surface area contributed by atoms with E-state index in [-0.39, 0.29) is 11.2 Å². The van der Waals surface area contributed by atoms with E-state index in [1.165, 1.54) is 37.9 Å². The van der Waals surface area contributed by atoms with E-state index in [9.17, 15) is 4.79 Å². The minimum absolute atomic E-state index is 0.190. The van der Waals surface area contributed by atoms with Crippen molar-refractivity contribution in [1.29, 1.82) is 0 Å². The number of aryl methyl sites for hydroxylation is 2. The Morgan fingerprint density at radius 2 is 2.08 bits per heavy atom. The van der Waals surface area contributed by atoms with Crippen molar-refractivity contribution in [3.05, 3.63) is 51.7 Å². The van der Waals surface area contributed by atoms with E-state index in [0.29, 0.717) is 24.5 Å². The number of hydrogen-bond acceptors (Lipinski definition) is 5. The van der Waals surface area contributed by atoms with Crippen molar-refractivity contribution in [2.24, 2.45) is 0 Å².